The number of nitrogens with zero attached hydrogens (tertiary/aromatic N) is 1. The van der Waals surface area contributed by atoms with Gasteiger partial charge in [0.25, 0.3) is 0 Å². The lowest BCUT2D eigenvalue weighted by Crippen LogP contribution is -2.37. The summed E-state index contributed by atoms with van der Waals surface area (Å²) in [6, 6.07) is 31.7. The topological polar surface area (TPSA) is 12.9 Å². The van der Waals surface area contributed by atoms with Crippen molar-refractivity contribution in [2.24, 2.45) is 0 Å². The van der Waals surface area contributed by atoms with Crippen LogP contribution in [0.4, 0.5) is 0 Å². The van der Waals surface area contributed by atoms with Gasteiger partial charge in [-0.15, -0.1) is 0 Å². The molecule has 178 valence electrons. The van der Waals surface area contributed by atoms with Crippen LogP contribution < -0.4 is 5.19 Å². The summed E-state index contributed by atoms with van der Waals surface area (Å²) in [6.07, 6.45) is 1.98. The summed E-state index contributed by atoms with van der Waals surface area (Å²) < 4.78 is 0. The van der Waals surface area contributed by atoms with Crippen molar-refractivity contribution < 1.29 is 0 Å². The Morgan fingerprint density at radius 3 is 2.17 bits per heavy atom. The Morgan fingerprint density at radius 2 is 1.42 bits per heavy atom. The van der Waals surface area contributed by atoms with E-state index in [2.05, 4.69) is 125 Å². The third kappa shape index (κ3) is 3.55. The lowest BCUT2D eigenvalue weighted by atomic mass is 9.79. The molecular formula is C34H33NSi. The van der Waals surface area contributed by atoms with Crippen molar-refractivity contribution in [3.63, 3.8) is 0 Å². The van der Waals surface area contributed by atoms with Crippen molar-refractivity contribution in [1.29, 1.82) is 0 Å². The van der Waals surface area contributed by atoms with Gasteiger partial charge in [-0.25, -0.2) is 0 Å². The molecule has 36 heavy (non-hydrogen) atoms. The molecule has 0 saturated carbocycles. The Morgan fingerprint density at radius 1 is 0.694 bits per heavy atom. The van der Waals surface area contributed by atoms with E-state index < -0.39 is 8.07 Å². The Kier molecular flexibility index (Phi) is 5.10. The molecule has 1 heterocycles. The molecular weight excluding hydrogens is 450 g/mol. The van der Waals surface area contributed by atoms with Crippen LogP contribution in [-0.2, 0) is 5.41 Å². The zero-order chi connectivity index (χ0) is 25.2. The minimum absolute atomic E-state index is 0.137. The lowest BCUT2D eigenvalue weighted by Gasteiger charge is -2.24. The Bertz CT molecular complexity index is 1640. The second-order valence-electron chi connectivity index (χ2n) is 11.8. The highest BCUT2D eigenvalue weighted by atomic mass is 28.3. The molecule has 0 atom stereocenters. The molecule has 5 aromatic rings. The van der Waals surface area contributed by atoms with E-state index in [1.807, 2.05) is 6.20 Å². The van der Waals surface area contributed by atoms with Gasteiger partial charge in [-0.3, -0.25) is 4.98 Å². The zero-order valence-corrected chi connectivity index (χ0v) is 23.1. The van der Waals surface area contributed by atoms with Crippen LogP contribution in [0.25, 0.3) is 44.3 Å². The highest BCUT2D eigenvalue weighted by molar-refractivity contribution is 6.88. The van der Waals surface area contributed by atoms with Gasteiger partial charge in [0.05, 0.1) is 13.8 Å². The van der Waals surface area contributed by atoms with Gasteiger partial charge in [-0.2, -0.15) is 0 Å². The lowest BCUT2D eigenvalue weighted by molar-refractivity contribution is 0.659. The molecule has 1 aliphatic rings. The number of fused-ring (bicyclic) bond motifs is 4. The normalized spacial score (nSPS) is 14.1. The number of hydrogen-bond acceptors (Lipinski definition) is 1. The number of aryl methyl sites for hydroxylation is 1. The highest BCUT2D eigenvalue weighted by Gasteiger charge is 2.38. The summed E-state index contributed by atoms with van der Waals surface area (Å²) in [6.45, 7) is 14.1. The molecule has 0 saturated heterocycles. The minimum Gasteiger partial charge on any atom is -0.256 e. The number of aromatic nitrogens is 1. The first-order chi connectivity index (χ1) is 17.1. The van der Waals surface area contributed by atoms with Gasteiger partial charge < -0.3 is 0 Å². The Balaban J connectivity index is 1.48. The molecule has 0 unspecified atom stereocenters. The fourth-order valence-corrected chi connectivity index (χ4v) is 7.12. The fourth-order valence-electron chi connectivity index (χ4n) is 5.95. The average Bonchev–Trinajstić information content (AvgIpc) is 3.10. The standard InChI is InChI=1S/C34H33NSi/c1-22-19-26(20-25-9-7-8-10-28(22)25)33-32-30(17-18-35-33)29-16-13-24(21-31(29)34(32,2)3)23-11-14-27(15-12-23)36(4,5)6/h7-21H,1-6H3. The third-order valence-electron chi connectivity index (χ3n) is 7.99. The quantitative estimate of drug-likeness (QED) is 0.234. The van der Waals surface area contributed by atoms with Crippen LogP contribution in [-0.4, -0.2) is 13.1 Å². The van der Waals surface area contributed by atoms with E-state index in [1.165, 1.54) is 60.5 Å². The Hall–Kier alpha value is -3.49. The number of benzene rings is 4. The highest BCUT2D eigenvalue weighted by Crippen LogP contribution is 2.52. The molecule has 6 rings (SSSR count). The maximum absolute atomic E-state index is 4.96. The predicted molar refractivity (Wildman–Crippen MR) is 158 cm³/mol. The van der Waals surface area contributed by atoms with E-state index in [0.717, 1.165) is 5.69 Å². The summed E-state index contributed by atoms with van der Waals surface area (Å²) in [5, 5.41) is 4.08. The maximum Gasteiger partial charge on any atom is 0.0775 e. The van der Waals surface area contributed by atoms with Crippen molar-refractivity contribution >= 4 is 24.0 Å². The van der Waals surface area contributed by atoms with Gasteiger partial charge in [0.1, 0.15) is 0 Å². The van der Waals surface area contributed by atoms with Crippen LogP contribution in [0.1, 0.15) is 30.5 Å². The van der Waals surface area contributed by atoms with Gasteiger partial charge in [0, 0.05) is 17.2 Å². The predicted octanol–water partition coefficient (Wildman–Crippen LogP) is 8.73. The first-order valence-electron chi connectivity index (χ1n) is 12.9. The molecule has 0 radical (unpaired) electrons. The van der Waals surface area contributed by atoms with Crippen molar-refractivity contribution in [1.82, 2.24) is 4.98 Å². The van der Waals surface area contributed by atoms with E-state index >= 15 is 0 Å². The minimum atomic E-state index is -1.31. The number of hydrogen-bond donors (Lipinski definition) is 0. The van der Waals surface area contributed by atoms with Gasteiger partial charge in [0.15, 0.2) is 0 Å². The SMILES string of the molecule is Cc1cc(-c2nccc3c2C(C)(C)c2cc(-c4ccc([Si](C)(C)C)cc4)ccc2-3)cc2ccccc12. The molecule has 0 amide bonds. The average molecular weight is 484 g/mol. The van der Waals surface area contributed by atoms with Crippen molar-refractivity contribution in [3.05, 3.63) is 108 Å². The zero-order valence-electron chi connectivity index (χ0n) is 22.1. The van der Waals surface area contributed by atoms with E-state index in [0.29, 0.717) is 0 Å². The molecule has 1 aliphatic carbocycles. The largest absolute Gasteiger partial charge is 0.256 e. The molecule has 0 spiro atoms. The second kappa shape index (κ2) is 8.01. The van der Waals surface area contributed by atoms with Crippen molar-refractivity contribution in [3.8, 4) is 33.5 Å². The summed E-state index contributed by atoms with van der Waals surface area (Å²) >= 11 is 0. The second-order valence-corrected chi connectivity index (χ2v) is 16.9. The number of rotatable bonds is 3. The third-order valence-corrected chi connectivity index (χ3v) is 10.1. The van der Waals surface area contributed by atoms with Gasteiger partial charge in [-0.05, 0) is 80.9 Å². The van der Waals surface area contributed by atoms with E-state index in [-0.39, 0.29) is 5.41 Å². The van der Waals surface area contributed by atoms with Gasteiger partial charge in [0.2, 0.25) is 0 Å². The smallest absolute Gasteiger partial charge is 0.0775 e. The molecule has 2 heteroatoms. The van der Waals surface area contributed by atoms with Crippen molar-refractivity contribution in [2.75, 3.05) is 0 Å². The molecule has 4 aromatic carbocycles. The first kappa shape index (κ1) is 22.9. The van der Waals surface area contributed by atoms with Crippen LogP contribution in [0.2, 0.25) is 19.6 Å². The van der Waals surface area contributed by atoms with Crippen LogP contribution in [0.5, 0.6) is 0 Å². The molecule has 1 aromatic heterocycles. The monoisotopic (exact) mass is 483 g/mol. The van der Waals surface area contributed by atoms with E-state index in [9.17, 15) is 0 Å². The van der Waals surface area contributed by atoms with E-state index in [4.69, 9.17) is 4.98 Å². The van der Waals surface area contributed by atoms with Crippen LogP contribution in [0.15, 0.2) is 91.1 Å². The summed E-state index contributed by atoms with van der Waals surface area (Å²) in [5.41, 5.74) is 11.4. The molecule has 0 fully saturated rings. The molecule has 0 N–H and O–H groups in total. The number of pyridine rings is 1. The first-order valence-corrected chi connectivity index (χ1v) is 16.4. The van der Waals surface area contributed by atoms with Gasteiger partial charge in [-0.1, -0.05) is 99.3 Å². The summed E-state index contributed by atoms with van der Waals surface area (Å²) in [5.74, 6) is 0. The molecule has 0 aliphatic heterocycles. The van der Waals surface area contributed by atoms with Crippen LogP contribution >= 0.6 is 0 Å². The Labute approximate surface area is 215 Å². The van der Waals surface area contributed by atoms with Crippen molar-refractivity contribution in [2.45, 2.75) is 45.8 Å². The van der Waals surface area contributed by atoms with Crippen LogP contribution in [0, 0.1) is 6.92 Å². The molecule has 0 bridgehead atoms. The van der Waals surface area contributed by atoms with Crippen LogP contribution in [0.3, 0.4) is 0 Å². The fraction of sp³-hybridized carbons (Fsp3) is 0.206. The summed E-state index contributed by atoms with van der Waals surface area (Å²) in [7, 11) is -1.31. The molecule has 1 nitrogen and oxygen atoms in total. The van der Waals surface area contributed by atoms with Gasteiger partial charge >= 0.3 is 0 Å². The van der Waals surface area contributed by atoms with E-state index in [1.54, 1.807) is 0 Å². The maximum atomic E-state index is 4.96. The summed E-state index contributed by atoms with van der Waals surface area (Å²) in [4.78, 5) is 4.96.